The molecule has 0 spiro atoms. The predicted octanol–water partition coefficient (Wildman–Crippen LogP) is 3.07. The van der Waals surface area contributed by atoms with Gasteiger partial charge in [-0.1, -0.05) is 12.1 Å². The van der Waals surface area contributed by atoms with Crippen molar-refractivity contribution in [1.82, 2.24) is 15.6 Å². The number of hydrogen-bond donors (Lipinski definition) is 2. The zero-order valence-electron chi connectivity index (χ0n) is 15.8. The van der Waals surface area contributed by atoms with E-state index in [1.54, 1.807) is 12.3 Å². The summed E-state index contributed by atoms with van der Waals surface area (Å²) in [5, 5.41) is 5.56. The molecule has 0 bridgehead atoms. The van der Waals surface area contributed by atoms with Crippen LogP contribution in [0.3, 0.4) is 0 Å². The molecule has 2 N–H and O–H groups in total. The van der Waals surface area contributed by atoms with Gasteiger partial charge in [-0.25, -0.2) is 4.79 Å². The maximum Gasteiger partial charge on any atom is 0.573 e. The molecule has 30 heavy (non-hydrogen) atoms. The average molecular weight is 420 g/mol. The van der Waals surface area contributed by atoms with Gasteiger partial charge in [0.1, 0.15) is 11.8 Å². The molecular weight excluding hydrogens is 401 g/mol. The molecule has 1 aromatic heterocycles. The fourth-order valence-corrected chi connectivity index (χ4v) is 3.55. The van der Waals surface area contributed by atoms with Crippen molar-refractivity contribution in [3.63, 3.8) is 0 Å². The molecule has 1 saturated heterocycles. The van der Waals surface area contributed by atoms with Crippen LogP contribution in [0.2, 0.25) is 0 Å². The van der Waals surface area contributed by atoms with Crippen LogP contribution in [0.4, 0.5) is 23.7 Å². The van der Waals surface area contributed by atoms with Gasteiger partial charge in [0.15, 0.2) is 0 Å². The lowest BCUT2D eigenvalue weighted by molar-refractivity contribution is -0.274. The van der Waals surface area contributed by atoms with Gasteiger partial charge in [-0.05, 0) is 43.5 Å². The fourth-order valence-electron chi connectivity index (χ4n) is 3.55. The van der Waals surface area contributed by atoms with E-state index in [2.05, 4.69) is 20.4 Å². The SMILES string of the molecule is O=C(NC1CCN(c2cccc(OC(F)(F)F)c2)C1=O)NC1(c2ccccn2)CC1. The maximum atomic E-state index is 12.7. The average Bonchev–Trinajstić information content (AvgIpc) is 3.38. The lowest BCUT2D eigenvalue weighted by Crippen LogP contribution is -2.49. The highest BCUT2D eigenvalue weighted by atomic mass is 19.4. The Hall–Kier alpha value is -3.30. The second-order valence-corrected chi connectivity index (χ2v) is 7.27. The minimum atomic E-state index is -4.82. The molecule has 1 aliphatic carbocycles. The largest absolute Gasteiger partial charge is 0.573 e. The molecule has 2 heterocycles. The van der Waals surface area contributed by atoms with Crippen LogP contribution >= 0.6 is 0 Å². The second-order valence-electron chi connectivity index (χ2n) is 7.27. The molecule has 1 aromatic carbocycles. The second kappa shape index (κ2) is 7.51. The third kappa shape index (κ3) is 4.32. The van der Waals surface area contributed by atoms with Crippen molar-refractivity contribution < 1.29 is 27.5 Å². The van der Waals surface area contributed by atoms with E-state index in [0.29, 0.717) is 6.42 Å². The molecule has 1 unspecified atom stereocenters. The highest BCUT2D eigenvalue weighted by Crippen LogP contribution is 2.44. The standard InChI is InChI=1S/C20H19F3N4O3/c21-20(22,23)30-14-5-3-4-13(12-14)27-11-7-15(17(27)28)25-18(29)26-19(8-9-19)16-6-1-2-10-24-16/h1-6,10,12,15H,7-9,11H2,(H2,25,26,29). The van der Waals surface area contributed by atoms with Crippen molar-refractivity contribution in [2.45, 2.75) is 37.2 Å². The predicted molar refractivity (Wildman–Crippen MR) is 101 cm³/mol. The number of nitrogens with zero attached hydrogens (tertiary/aromatic N) is 2. The first kappa shape index (κ1) is 20.0. The number of carbonyl (C=O) groups is 2. The summed E-state index contributed by atoms with van der Waals surface area (Å²) >= 11 is 0. The van der Waals surface area contributed by atoms with Crippen molar-refractivity contribution >= 4 is 17.6 Å². The molecule has 1 atom stereocenters. The molecule has 1 aliphatic heterocycles. The van der Waals surface area contributed by atoms with E-state index in [0.717, 1.165) is 30.7 Å². The van der Waals surface area contributed by atoms with Crippen LogP contribution in [0.25, 0.3) is 0 Å². The summed E-state index contributed by atoms with van der Waals surface area (Å²) in [5.41, 5.74) is 0.523. The Morgan fingerprint density at radius 2 is 2.00 bits per heavy atom. The zero-order valence-corrected chi connectivity index (χ0v) is 15.8. The third-order valence-electron chi connectivity index (χ3n) is 5.13. The Morgan fingerprint density at radius 3 is 2.67 bits per heavy atom. The van der Waals surface area contributed by atoms with Gasteiger partial charge >= 0.3 is 12.4 Å². The highest BCUT2D eigenvalue weighted by Gasteiger charge is 2.47. The number of urea groups is 1. The Labute approximate surface area is 170 Å². The number of hydrogen-bond acceptors (Lipinski definition) is 4. The highest BCUT2D eigenvalue weighted by molar-refractivity contribution is 6.01. The van der Waals surface area contributed by atoms with Crippen LogP contribution in [0, 0.1) is 0 Å². The number of anilines is 1. The van der Waals surface area contributed by atoms with Crippen LogP contribution in [0.15, 0.2) is 48.7 Å². The van der Waals surface area contributed by atoms with Gasteiger partial charge in [-0.15, -0.1) is 13.2 Å². The number of aromatic nitrogens is 1. The van der Waals surface area contributed by atoms with Crippen LogP contribution in [0.1, 0.15) is 25.0 Å². The van der Waals surface area contributed by atoms with Gasteiger partial charge < -0.3 is 20.3 Å². The first-order valence-corrected chi connectivity index (χ1v) is 9.43. The van der Waals surface area contributed by atoms with E-state index < -0.39 is 35.6 Å². The van der Waals surface area contributed by atoms with E-state index in [9.17, 15) is 22.8 Å². The summed E-state index contributed by atoms with van der Waals surface area (Å²) < 4.78 is 41.2. The topological polar surface area (TPSA) is 83.6 Å². The maximum absolute atomic E-state index is 12.7. The van der Waals surface area contributed by atoms with Gasteiger partial charge in [0.25, 0.3) is 0 Å². The molecule has 0 radical (unpaired) electrons. The van der Waals surface area contributed by atoms with Gasteiger partial charge in [0, 0.05) is 24.5 Å². The number of halogens is 3. The molecule has 2 aromatic rings. The fraction of sp³-hybridized carbons (Fsp3) is 0.350. The van der Waals surface area contributed by atoms with Crippen molar-refractivity contribution in [1.29, 1.82) is 0 Å². The van der Waals surface area contributed by atoms with Crippen LogP contribution in [-0.2, 0) is 10.3 Å². The summed E-state index contributed by atoms with van der Waals surface area (Å²) in [5.74, 6) is -0.801. The Kier molecular flexibility index (Phi) is 5.00. The Balaban J connectivity index is 1.38. The van der Waals surface area contributed by atoms with Crippen molar-refractivity contribution in [3.05, 3.63) is 54.4 Å². The lowest BCUT2D eigenvalue weighted by Gasteiger charge is -2.20. The molecule has 3 amide bonds. The molecular formula is C20H19F3N4O3. The Bertz CT molecular complexity index is 948. The van der Waals surface area contributed by atoms with Crippen molar-refractivity contribution in [2.75, 3.05) is 11.4 Å². The van der Waals surface area contributed by atoms with Crippen molar-refractivity contribution in [2.24, 2.45) is 0 Å². The van der Waals surface area contributed by atoms with Crippen molar-refractivity contribution in [3.8, 4) is 5.75 Å². The van der Waals surface area contributed by atoms with Gasteiger partial charge in [-0.3, -0.25) is 9.78 Å². The summed E-state index contributed by atoms with van der Waals surface area (Å²) in [6.45, 7) is 0.268. The van der Waals surface area contributed by atoms with Crippen LogP contribution in [0.5, 0.6) is 5.75 Å². The molecule has 4 rings (SSSR count). The number of carbonyl (C=O) groups excluding carboxylic acids is 2. The first-order valence-electron chi connectivity index (χ1n) is 9.43. The zero-order chi connectivity index (χ0) is 21.4. The number of ether oxygens (including phenoxy) is 1. The minimum Gasteiger partial charge on any atom is -0.406 e. The number of alkyl halides is 3. The molecule has 10 heteroatoms. The number of pyridine rings is 1. The molecule has 1 saturated carbocycles. The van der Waals surface area contributed by atoms with Gasteiger partial charge in [-0.2, -0.15) is 0 Å². The number of amides is 3. The minimum absolute atomic E-state index is 0.268. The smallest absolute Gasteiger partial charge is 0.406 e. The summed E-state index contributed by atoms with van der Waals surface area (Å²) in [7, 11) is 0. The monoisotopic (exact) mass is 420 g/mol. The number of nitrogens with one attached hydrogen (secondary N) is 2. The van der Waals surface area contributed by atoms with E-state index in [1.165, 1.54) is 17.0 Å². The van der Waals surface area contributed by atoms with E-state index in [4.69, 9.17) is 0 Å². The molecule has 7 nitrogen and oxygen atoms in total. The molecule has 158 valence electrons. The van der Waals surface area contributed by atoms with Gasteiger partial charge in [0.05, 0.1) is 11.2 Å². The molecule has 2 fully saturated rings. The van der Waals surface area contributed by atoms with Gasteiger partial charge in [0.2, 0.25) is 5.91 Å². The lowest BCUT2D eigenvalue weighted by atomic mass is 10.1. The summed E-state index contributed by atoms with van der Waals surface area (Å²) in [4.78, 5) is 30.8. The number of rotatable bonds is 5. The normalized spacial score (nSPS) is 20.0. The summed E-state index contributed by atoms with van der Waals surface area (Å²) in [6.07, 6.45) is -1.30. The third-order valence-corrected chi connectivity index (χ3v) is 5.13. The molecule has 2 aliphatic rings. The quantitative estimate of drug-likeness (QED) is 0.779. The van der Waals surface area contributed by atoms with Crippen LogP contribution < -0.4 is 20.3 Å². The first-order chi connectivity index (χ1) is 14.3. The van der Waals surface area contributed by atoms with E-state index in [-0.39, 0.29) is 12.2 Å². The van der Waals surface area contributed by atoms with E-state index >= 15 is 0 Å². The van der Waals surface area contributed by atoms with Crippen LogP contribution in [-0.4, -0.2) is 35.9 Å². The summed E-state index contributed by atoms with van der Waals surface area (Å²) in [6, 6.07) is 9.43. The number of benzene rings is 1. The van der Waals surface area contributed by atoms with E-state index in [1.807, 2.05) is 12.1 Å². The Morgan fingerprint density at radius 1 is 1.20 bits per heavy atom.